The van der Waals surface area contributed by atoms with E-state index in [0.717, 1.165) is 0 Å². The van der Waals surface area contributed by atoms with E-state index in [1.165, 1.54) is 78.1 Å². The molecule has 0 heterocycles. The quantitative estimate of drug-likeness (QED) is 0.149. The van der Waals surface area contributed by atoms with Crippen LogP contribution >= 0.6 is 0 Å². The number of carbonyl (C=O) groups is 2. The number of carbonyl (C=O) groups excluding carboxylic acids is 2. The number of hydrogen-bond acceptors (Lipinski definition) is 2. The van der Waals surface area contributed by atoms with Gasteiger partial charge in [-0.05, 0) is 13.8 Å². The summed E-state index contributed by atoms with van der Waals surface area (Å²) >= 11 is 0.0736. The third-order valence-corrected chi connectivity index (χ3v) is 7.95. The van der Waals surface area contributed by atoms with Gasteiger partial charge >= 0.3 is 121 Å². The molecule has 0 atom stereocenters. The fourth-order valence-electron chi connectivity index (χ4n) is 2.54. The fraction of sp³-hybridized carbons (Fsp3) is 0.905. The Kier molecular flexibility index (Phi) is 25.4. The van der Waals surface area contributed by atoms with E-state index in [2.05, 4.69) is 13.8 Å². The first kappa shape index (κ1) is 26.4. The summed E-state index contributed by atoms with van der Waals surface area (Å²) in [6.45, 7) is 7.41. The SMILES string of the molecule is CC(=O)CC(C)=O.CCCCCCC[CH2][Sn][CH2]CCCCCCC. The van der Waals surface area contributed by atoms with Crippen LogP contribution in [0.5, 0.6) is 0 Å². The summed E-state index contributed by atoms with van der Waals surface area (Å²) in [6, 6.07) is 0. The molecule has 0 spiro atoms. The van der Waals surface area contributed by atoms with Crippen LogP contribution in [0.25, 0.3) is 0 Å². The van der Waals surface area contributed by atoms with Gasteiger partial charge in [-0.15, -0.1) is 0 Å². The van der Waals surface area contributed by atoms with Gasteiger partial charge in [0.05, 0.1) is 6.42 Å². The topological polar surface area (TPSA) is 34.1 Å². The maximum atomic E-state index is 10.0. The Morgan fingerprint density at radius 1 is 0.583 bits per heavy atom. The molecule has 0 aliphatic carbocycles. The van der Waals surface area contributed by atoms with Crippen molar-refractivity contribution in [3.63, 3.8) is 0 Å². The summed E-state index contributed by atoms with van der Waals surface area (Å²) < 4.78 is 3.31. The van der Waals surface area contributed by atoms with Crippen LogP contribution in [0.4, 0.5) is 0 Å². The van der Waals surface area contributed by atoms with Crippen molar-refractivity contribution in [2.45, 2.75) is 120 Å². The fourth-order valence-corrected chi connectivity index (χ4v) is 6.10. The molecule has 0 N–H and O–H groups in total. The van der Waals surface area contributed by atoms with Gasteiger partial charge in [-0.2, -0.15) is 0 Å². The zero-order valence-electron chi connectivity index (χ0n) is 16.9. The van der Waals surface area contributed by atoms with Crippen molar-refractivity contribution in [2.75, 3.05) is 0 Å². The minimum atomic E-state index is -0.0625. The number of hydrogen-bond donors (Lipinski definition) is 0. The first-order valence-corrected chi connectivity index (χ1v) is 14.3. The van der Waals surface area contributed by atoms with Gasteiger partial charge in [0.1, 0.15) is 11.6 Å². The van der Waals surface area contributed by atoms with E-state index in [0.29, 0.717) is 0 Å². The summed E-state index contributed by atoms with van der Waals surface area (Å²) in [5.41, 5.74) is 0. The van der Waals surface area contributed by atoms with Crippen molar-refractivity contribution >= 4 is 32.7 Å². The number of rotatable bonds is 16. The molecule has 0 amide bonds. The second-order valence-corrected chi connectivity index (χ2v) is 11.1. The van der Waals surface area contributed by atoms with E-state index in [1.54, 1.807) is 21.7 Å². The molecule has 2 nitrogen and oxygen atoms in total. The molecule has 0 rings (SSSR count). The Morgan fingerprint density at radius 3 is 1.21 bits per heavy atom. The van der Waals surface area contributed by atoms with Crippen molar-refractivity contribution in [3.8, 4) is 0 Å². The summed E-state index contributed by atoms with van der Waals surface area (Å²) in [7, 11) is 0. The number of Topliss-reactive ketones (excluding diaryl/α,β-unsaturated/α-hetero) is 2. The van der Waals surface area contributed by atoms with E-state index in [1.807, 2.05) is 0 Å². The van der Waals surface area contributed by atoms with Gasteiger partial charge in [-0.3, -0.25) is 9.59 Å². The van der Waals surface area contributed by atoms with Crippen molar-refractivity contribution < 1.29 is 9.59 Å². The second-order valence-electron chi connectivity index (χ2n) is 6.87. The Labute approximate surface area is 162 Å². The Bertz CT molecular complexity index is 251. The summed E-state index contributed by atoms with van der Waals surface area (Å²) in [6.07, 6.45) is 17.9. The molecule has 0 aromatic heterocycles. The van der Waals surface area contributed by atoms with Gasteiger partial charge in [0, 0.05) is 0 Å². The van der Waals surface area contributed by atoms with Crippen molar-refractivity contribution in [2.24, 2.45) is 0 Å². The van der Waals surface area contributed by atoms with Crippen molar-refractivity contribution in [3.05, 3.63) is 0 Å². The zero-order valence-corrected chi connectivity index (χ0v) is 19.8. The average Bonchev–Trinajstić information content (AvgIpc) is 2.51. The monoisotopic (exact) mass is 446 g/mol. The van der Waals surface area contributed by atoms with Crippen LogP contribution < -0.4 is 0 Å². The molecule has 0 saturated heterocycles. The summed E-state index contributed by atoms with van der Waals surface area (Å²) in [5, 5.41) is 0. The Balaban J connectivity index is 0. The zero-order chi connectivity index (χ0) is 18.5. The predicted octanol–water partition coefficient (Wildman–Crippen LogP) is 6.80. The van der Waals surface area contributed by atoms with Crippen LogP contribution in [0.15, 0.2) is 0 Å². The molecule has 0 aromatic rings. The van der Waals surface area contributed by atoms with Gasteiger partial charge < -0.3 is 0 Å². The molecule has 0 saturated carbocycles. The molecule has 0 unspecified atom stereocenters. The predicted molar refractivity (Wildman–Crippen MR) is 108 cm³/mol. The Hall–Kier alpha value is 0.139. The molecule has 0 aliphatic rings. The molecule has 24 heavy (non-hydrogen) atoms. The first-order valence-electron chi connectivity index (χ1n) is 10.2. The van der Waals surface area contributed by atoms with Gasteiger partial charge in [0.15, 0.2) is 0 Å². The summed E-state index contributed by atoms with van der Waals surface area (Å²) in [5.74, 6) is -0.125. The molecule has 142 valence electrons. The molecule has 0 aromatic carbocycles. The molecule has 3 heteroatoms. The molecule has 0 fully saturated rings. The molecular formula is C21H42O2Sn. The van der Waals surface area contributed by atoms with E-state index >= 15 is 0 Å². The van der Waals surface area contributed by atoms with Crippen LogP contribution in [0, 0.1) is 0 Å². The van der Waals surface area contributed by atoms with E-state index < -0.39 is 0 Å². The van der Waals surface area contributed by atoms with Gasteiger partial charge in [0.2, 0.25) is 0 Å². The van der Waals surface area contributed by atoms with Crippen molar-refractivity contribution in [1.82, 2.24) is 0 Å². The van der Waals surface area contributed by atoms with Crippen LogP contribution in [0.3, 0.4) is 0 Å². The van der Waals surface area contributed by atoms with Crippen LogP contribution in [-0.2, 0) is 9.59 Å². The van der Waals surface area contributed by atoms with Crippen LogP contribution in [-0.4, -0.2) is 32.7 Å². The van der Waals surface area contributed by atoms with Crippen molar-refractivity contribution in [1.29, 1.82) is 0 Å². The summed E-state index contributed by atoms with van der Waals surface area (Å²) in [4.78, 5) is 20.1. The van der Waals surface area contributed by atoms with E-state index in [-0.39, 0.29) is 39.1 Å². The third-order valence-electron chi connectivity index (χ3n) is 3.91. The van der Waals surface area contributed by atoms with E-state index in [4.69, 9.17) is 0 Å². The number of ketones is 2. The van der Waals surface area contributed by atoms with E-state index in [9.17, 15) is 9.59 Å². The maximum absolute atomic E-state index is 10.0. The molecule has 0 bridgehead atoms. The third kappa shape index (κ3) is 30.1. The second kappa shape index (κ2) is 23.1. The standard InChI is InChI=1S/2C8H17.C5H8O2.Sn/c2*1-3-5-7-8-6-4-2;1-4(6)3-5(2)7;/h2*1,3-8H2,2H3;3H2,1-2H3;. The molecule has 0 aliphatic heterocycles. The average molecular weight is 445 g/mol. The Morgan fingerprint density at radius 2 is 0.917 bits per heavy atom. The van der Waals surface area contributed by atoms with Gasteiger partial charge in [-0.1, -0.05) is 0 Å². The normalized spacial score (nSPS) is 10.2. The molecule has 2 radical (unpaired) electrons. The minimum absolute atomic E-state index is 0.0625. The first-order chi connectivity index (χ1) is 11.5. The molecular weight excluding hydrogens is 403 g/mol. The van der Waals surface area contributed by atoms with Gasteiger partial charge in [-0.25, -0.2) is 0 Å². The van der Waals surface area contributed by atoms with Gasteiger partial charge in [0.25, 0.3) is 0 Å². The van der Waals surface area contributed by atoms with Crippen LogP contribution in [0.1, 0.15) is 111 Å². The number of unbranched alkanes of at least 4 members (excludes halogenated alkanes) is 10. The van der Waals surface area contributed by atoms with Crippen LogP contribution in [0.2, 0.25) is 8.87 Å².